The normalized spacial score (nSPS) is 32.8. The number of rotatable bonds is 4. The number of fused-ring (bicyclic) bond motifs is 1. The van der Waals surface area contributed by atoms with E-state index in [4.69, 9.17) is 4.74 Å². The summed E-state index contributed by atoms with van der Waals surface area (Å²) in [5.74, 6) is 2.35. The van der Waals surface area contributed by atoms with Crippen LogP contribution in [0.5, 0.6) is 0 Å². The molecule has 152 valence electrons. The SMILES string of the molecule is O=C(NC12CC3CC(CC(C3)C1)C2)c1cc2ccccc2n1CN1CCOC1=O. The largest absolute Gasteiger partial charge is 0.447 e. The van der Waals surface area contributed by atoms with Crippen molar-refractivity contribution in [3.8, 4) is 0 Å². The average molecular weight is 393 g/mol. The molecule has 1 aromatic heterocycles. The quantitative estimate of drug-likeness (QED) is 0.860. The van der Waals surface area contributed by atoms with Crippen LogP contribution >= 0.6 is 0 Å². The smallest absolute Gasteiger partial charge is 0.411 e. The van der Waals surface area contributed by atoms with Crippen LogP contribution in [0.4, 0.5) is 4.79 Å². The minimum atomic E-state index is -0.310. The number of aromatic nitrogens is 1. The minimum absolute atomic E-state index is 0.00397. The molecular formula is C23H27N3O3. The number of cyclic esters (lactones) is 1. The highest BCUT2D eigenvalue weighted by Crippen LogP contribution is 2.55. The van der Waals surface area contributed by atoms with Crippen LogP contribution in [0.25, 0.3) is 10.9 Å². The fraction of sp³-hybridized carbons (Fsp3) is 0.565. The molecule has 29 heavy (non-hydrogen) atoms. The van der Waals surface area contributed by atoms with Gasteiger partial charge >= 0.3 is 6.09 Å². The van der Waals surface area contributed by atoms with Crippen molar-refractivity contribution < 1.29 is 14.3 Å². The number of nitrogens with zero attached hydrogens (tertiary/aromatic N) is 2. The minimum Gasteiger partial charge on any atom is -0.447 e. The van der Waals surface area contributed by atoms with Gasteiger partial charge in [-0.3, -0.25) is 9.69 Å². The van der Waals surface area contributed by atoms with Gasteiger partial charge in [0.15, 0.2) is 0 Å². The molecule has 7 rings (SSSR count). The second-order valence-corrected chi connectivity index (χ2v) is 9.69. The molecule has 4 aliphatic carbocycles. The third kappa shape index (κ3) is 2.83. The fourth-order valence-corrected chi connectivity index (χ4v) is 6.84. The van der Waals surface area contributed by atoms with E-state index in [0.29, 0.717) is 25.5 Å². The van der Waals surface area contributed by atoms with Crippen LogP contribution in [-0.4, -0.2) is 40.2 Å². The van der Waals surface area contributed by atoms with E-state index in [9.17, 15) is 9.59 Å². The molecule has 1 aliphatic heterocycles. The Bertz CT molecular complexity index is 959. The Morgan fingerprint density at radius 1 is 1.10 bits per heavy atom. The molecule has 6 nitrogen and oxygen atoms in total. The highest BCUT2D eigenvalue weighted by molar-refractivity contribution is 5.99. The average Bonchev–Trinajstić information content (AvgIpc) is 3.25. The van der Waals surface area contributed by atoms with Crippen molar-refractivity contribution in [3.05, 3.63) is 36.0 Å². The van der Waals surface area contributed by atoms with E-state index in [1.165, 1.54) is 19.3 Å². The van der Waals surface area contributed by atoms with Crippen LogP contribution < -0.4 is 5.32 Å². The maximum atomic E-state index is 13.5. The van der Waals surface area contributed by atoms with Crippen LogP contribution in [0.1, 0.15) is 49.0 Å². The predicted octanol–water partition coefficient (Wildman–Crippen LogP) is 3.75. The second-order valence-electron chi connectivity index (χ2n) is 9.69. The van der Waals surface area contributed by atoms with Gasteiger partial charge in [0.05, 0.1) is 12.1 Å². The van der Waals surface area contributed by atoms with E-state index >= 15 is 0 Å². The highest BCUT2D eigenvalue weighted by Gasteiger charge is 2.51. The molecule has 0 radical (unpaired) electrons. The van der Waals surface area contributed by atoms with Gasteiger partial charge in [-0.25, -0.2) is 4.79 Å². The zero-order valence-electron chi connectivity index (χ0n) is 16.6. The van der Waals surface area contributed by atoms with Gasteiger partial charge < -0.3 is 14.6 Å². The van der Waals surface area contributed by atoms with Crippen molar-refractivity contribution in [2.75, 3.05) is 13.2 Å². The zero-order valence-corrected chi connectivity index (χ0v) is 16.6. The maximum Gasteiger partial charge on any atom is 0.411 e. The van der Waals surface area contributed by atoms with Crippen molar-refractivity contribution in [2.45, 2.75) is 50.7 Å². The molecule has 6 heteroatoms. The molecule has 0 atom stereocenters. The van der Waals surface area contributed by atoms with Crippen molar-refractivity contribution in [2.24, 2.45) is 17.8 Å². The summed E-state index contributed by atoms with van der Waals surface area (Å²) in [6, 6.07) is 9.96. The fourth-order valence-electron chi connectivity index (χ4n) is 6.84. The summed E-state index contributed by atoms with van der Waals surface area (Å²) in [6.07, 6.45) is 7.14. The van der Waals surface area contributed by atoms with Gasteiger partial charge in [0.2, 0.25) is 0 Å². The lowest BCUT2D eigenvalue weighted by atomic mass is 9.53. The van der Waals surface area contributed by atoms with Crippen LogP contribution in [0.15, 0.2) is 30.3 Å². The van der Waals surface area contributed by atoms with Crippen LogP contribution in [-0.2, 0) is 11.4 Å². The lowest BCUT2D eigenvalue weighted by molar-refractivity contribution is -0.0168. The molecule has 0 spiro atoms. The van der Waals surface area contributed by atoms with Gasteiger partial charge in [-0.05, 0) is 68.4 Å². The van der Waals surface area contributed by atoms with Gasteiger partial charge in [0, 0.05) is 10.9 Å². The molecule has 0 unspecified atom stereocenters. The second kappa shape index (κ2) is 6.25. The van der Waals surface area contributed by atoms with Crippen LogP contribution in [0, 0.1) is 17.8 Å². The number of amides is 2. The van der Waals surface area contributed by atoms with E-state index in [2.05, 4.69) is 5.32 Å². The van der Waals surface area contributed by atoms with Crippen LogP contribution in [0.3, 0.4) is 0 Å². The number of ether oxygens (including phenoxy) is 1. The van der Waals surface area contributed by atoms with E-state index < -0.39 is 0 Å². The van der Waals surface area contributed by atoms with E-state index in [1.54, 1.807) is 4.90 Å². The van der Waals surface area contributed by atoms with Gasteiger partial charge in [-0.15, -0.1) is 0 Å². The summed E-state index contributed by atoms with van der Waals surface area (Å²) in [5.41, 5.74) is 1.59. The Labute approximate surface area is 170 Å². The van der Waals surface area contributed by atoms with Gasteiger partial charge in [0.25, 0.3) is 5.91 Å². The first-order chi connectivity index (χ1) is 14.1. The summed E-state index contributed by atoms with van der Waals surface area (Å²) >= 11 is 0. The lowest BCUT2D eigenvalue weighted by Crippen LogP contribution is -2.60. The number of benzene rings is 1. The molecule has 5 fully saturated rings. The predicted molar refractivity (Wildman–Crippen MR) is 108 cm³/mol. The molecule has 2 aromatic rings. The van der Waals surface area contributed by atoms with Gasteiger partial charge in [-0.1, -0.05) is 18.2 Å². The topological polar surface area (TPSA) is 63.6 Å². The number of nitrogens with one attached hydrogen (secondary N) is 1. The molecule has 2 heterocycles. The van der Waals surface area contributed by atoms with E-state index in [0.717, 1.165) is 47.9 Å². The molecule has 1 aromatic carbocycles. The number of hydrogen-bond donors (Lipinski definition) is 1. The Morgan fingerprint density at radius 2 is 1.79 bits per heavy atom. The monoisotopic (exact) mass is 393 g/mol. The van der Waals surface area contributed by atoms with Crippen LogP contribution in [0.2, 0.25) is 0 Å². The molecular weight excluding hydrogens is 366 g/mol. The van der Waals surface area contributed by atoms with E-state index in [-0.39, 0.29) is 17.5 Å². The first-order valence-corrected chi connectivity index (χ1v) is 10.9. The Hall–Kier alpha value is -2.50. The van der Waals surface area contributed by atoms with Gasteiger partial charge in [0.1, 0.15) is 19.0 Å². The summed E-state index contributed by atoms with van der Waals surface area (Å²) in [5, 5.41) is 4.51. The van der Waals surface area contributed by atoms with E-state index in [1.807, 2.05) is 34.9 Å². The summed E-state index contributed by atoms with van der Waals surface area (Å²) in [4.78, 5) is 27.2. The van der Waals surface area contributed by atoms with Crippen molar-refractivity contribution in [3.63, 3.8) is 0 Å². The number of hydrogen-bond acceptors (Lipinski definition) is 3. The molecule has 4 saturated carbocycles. The number of para-hydroxylation sites is 1. The molecule has 1 N–H and O–H groups in total. The molecule has 5 aliphatic rings. The van der Waals surface area contributed by atoms with Crippen molar-refractivity contribution in [1.29, 1.82) is 0 Å². The van der Waals surface area contributed by atoms with Crippen molar-refractivity contribution >= 4 is 22.9 Å². The molecule has 2 amide bonds. The molecule has 1 saturated heterocycles. The summed E-state index contributed by atoms with van der Waals surface area (Å²) in [6.45, 7) is 1.31. The Balaban J connectivity index is 1.33. The van der Waals surface area contributed by atoms with Crippen molar-refractivity contribution in [1.82, 2.24) is 14.8 Å². The number of carbonyl (C=O) groups excluding carboxylic acids is 2. The first kappa shape index (κ1) is 17.4. The zero-order chi connectivity index (χ0) is 19.6. The maximum absolute atomic E-state index is 13.5. The standard InChI is InChI=1S/C23H27N3O3/c27-21(24-23-11-15-7-16(12-23)9-17(8-15)13-23)20-10-18-3-1-2-4-19(18)26(20)14-25-5-6-29-22(25)28/h1-4,10,15-17H,5-9,11-14H2,(H,24,27). The lowest BCUT2D eigenvalue weighted by Gasteiger charge is -2.56. The summed E-state index contributed by atoms with van der Waals surface area (Å²) in [7, 11) is 0. The number of carbonyl (C=O) groups is 2. The Kier molecular flexibility index (Phi) is 3.74. The molecule has 4 bridgehead atoms. The Morgan fingerprint density at radius 3 is 2.45 bits per heavy atom. The first-order valence-electron chi connectivity index (χ1n) is 10.9. The summed E-state index contributed by atoms with van der Waals surface area (Å²) < 4.78 is 7.06. The third-order valence-corrected chi connectivity index (χ3v) is 7.62. The third-order valence-electron chi connectivity index (χ3n) is 7.62. The highest BCUT2D eigenvalue weighted by atomic mass is 16.6. The van der Waals surface area contributed by atoms with Gasteiger partial charge in [-0.2, -0.15) is 0 Å².